The topological polar surface area (TPSA) is 66.0 Å². The highest BCUT2D eigenvalue weighted by Gasteiger charge is 2.14. The minimum atomic E-state index is -0.973. The van der Waals surface area contributed by atoms with E-state index in [1.807, 2.05) is 55.5 Å². The number of hydrogen-bond acceptors (Lipinski definition) is 2. The number of aromatic nitrogens is 2. The molecule has 0 radical (unpaired) electrons. The van der Waals surface area contributed by atoms with E-state index in [-0.39, 0.29) is 5.56 Å². The number of H-pyrrole nitrogens is 1. The number of carboxylic acid groups (broad SMARTS) is 1. The summed E-state index contributed by atoms with van der Waals surface area (Å²) in [4.78, 5) is 19.0. The van der Waals surface area contributed by atoms with E-state index in [9.17, 15) is 9.90 Å². The predicted molar refractivity (Wildman–Crippen MR) is 98.7 cm³/mol. The Morgan fingerprint density at radius 1 is 0.880 bits per heavy atom. The second-order valence-electron chi connectivity index (χ2n) is 5.99. The van der Waals surface area contributed by atoms with Crippen molar-refractivity contribution in [3.05, 3.63) is 78.1 Å². The van der Waals surface area contributed by atoms with Gasteiger partial charge < -0.3 is 10.1 Å². The molecular formula is C21H16N2O2. The van der Waals surface area contributed by atoms with Crippen LogP contribution in [0.3, 0.4) is 0 Å². The first-order valence-corrected chi connectivity index (χ1v) is 8.01. The average Bonchev–Trinajstić information content (AvgIpc) is 3.01. The number of carbonyl (C=O) groups is 1. The summed E-state index contributed by atoms with van der Waals surface area (Å²) in [6, 6.07) is 21.9. The number of carboxylic acids is 1. The zero-order valence-electron chi connectivity index (χ0n) is 13.7. The summed E-state index contributed by atoms with van der Waals surface area (Å²) in [6.07, 6.45) is 0. The molecule has 3 aromatic carbocycles. The van der Waals surface area contributed by atoms with E-state index < -0.39 is 5.97 Å². The molecule has 0 spiro atoms. The van der Waals surface area contributed by atoms with Gasteiger partial charge in [-0.3, -0.25) is 0 Å². The van der Waals surface area contributed by atoms with Crippen LogP contribution in [0.15, 0.2) is 66.7 Å². The van der Waals surface area contributed by atoms with Crippen molar-refractivity contribution >= 4 is 17.0 Å². The molecule has 4 heteroatoms. The highest BCUT2D eigenvalue weighted by molar-refractivity contribution is 6.03. The van der Waals surface area contributed by atoms with Gasteiger partial charge in [-0.15, -0.1) is 0 Å². The number of imidazole rings is 1. The van der Waals surface area contributed by atoms with Crippen LogP contribution >= 0.6 is 0 Å². The maximum absolute atomic E-state index is 11.6. The molecule has 1 heterocycles. The van der Waals surface area contributed by atoms with Crippen molar-refractivity contribution in [2.45, 2.75) is 6.92 Å². The van der Waals surface area contributed by atoms with Crippen molar-refractivity contribution in [3.8, 4) is 22.3 Å². The van der Waals surface area contributed by atoms with Crippen molar-refractivity contribution in [1.29, 1.82) is 0 Å². The van der Waals surface area contributed by atoms with Crippen LogP contribution in [0.5, 0.6) is 0 Å². The maximum atomic E-state index is 11.6. The molecule has 4 nitrogen and oxygen atoms in total. The molecule has 25 heavy (non-hydrogen) atoms. The zero-order chi connectivity index (χ0) is 17.4. The van der Waals surface area contributed by atoms with Crippen LogP contribution in [0.4, 0.5) is 0 Å². The fourth-order valence-electron chi connectivity index (χ4n) is 3.06. The first-order valence-electron chi connectivity index (χ1n) is 8.01. The molecule has 2 N–H and O–H groups in total. The van der Waals surface area contributed by atoms with Gasteiger partial charge in [0, 0.05) is 0 Å². The lowest BCUT2D eigenvalue weighted by Gasteiger charge is -2.07. The van der Waals surface area contributed by atoms with Crippen LogP contribution in [-0.2, 0) is 0 Å². The SMILES string of the molecule is Cc1nc2c(C(=O)O)cc(-c3ccc(-c4ccccc4)cc3)cc2[nH]1. The molecular weight excluding hydrogens is 312 g/mol. The van der Waals surface area contributed by atoms with Gasteiger partial charge in [0.15, 0.2) is 0 Å². The van der Waals surface area contributed by atoms with E-state index in [2.05, 4.69) is 22.1 Å². The third-order valence-corrected chi connectivity index (χ3v) is 4.26. The predicted octanol–water partition coefficient (Wildman–Crippen LogP) is 4.90. The van der Waals surface area contributed by atoms with Gasteiger partial charge in [-0.05, 0) is 41.3 Å². The Balaban J connectivity index is 1.80. The number of rotatable bonds is 3. The van der Waals surface area contributed by atoms with Crippen molar-refractivity contribution < 1.29 is 9.90 Å². The Labute approximate surface area is 144 Å². The number of aromatic amines is 1. The highest BCUT2D eigenvalue weighted by atomic mass is 16.4. The summed E-state index contributed by atoms with van der Waals surface area (Å²) in [7, 11) is 0. The van der Waals surface area contributed by atoms with Gasteiger partial charge in [0.25, 0.3) is 0 Å². The molecule has 0 saturated carbocycles. The van der Waals surface area contributed by atoms with Gasteiger partial charge in [0.2, 0.25) is 0 Å². The normalized spacial score (nSPS) is 10.9. The van der Waals surface area contributed by atoms with Crippen LogP contribution < -0.4 is 0 Å². The van der Waals surface area contributed by atoms with Gasteiger partial charge in [0.05, 0.1) is 11.1 Å². The van der Waals surface area contributed by atoms with E-state index in [0.717, 1.165) is 27.8 Å². The number of aromatic carboxylic acids is 1. The van der Waals surface area contributed by atoms with Gasteiger partial charge in [-0.1, -0.05) is 54.6 Å². The Morgan fingerprint density at radius 3 is 2.12 bits per heavy atom. The summed E-state index contributed by atoms with van der Waals surface area (Å²) < 4.78 is 0. The number of nitrogens with one attached hydrogen (secondary N) is 1. The molecule has 0 atom stereocenters. The molecule has 0 aliphatic rings. The van der Waals surface area contributed by atoms with Crippen molar-refractivity contribution in [2.75, 3.05) is 0 Å². The molecule has 0 unspecified atom stereocenters. The van der Waals surface area contributed by atoms with Gasteiger partial charge >= 0.3 is 5.97 Å². The molecule has 0 saturated heterocycles. The Morgan fingerprint density at radius 2 is 1.48 bits per heavy atom. The number of aryl methyl sites for hydroxylation is 1. The Hall–Kier alpha value is -3.40. The lowest BCUT2D eigenvalue weighted by Crippen LogP contribution is -1.98. The van der Waals surface area contributed by atoms with Crippen molar-refractivity contribution in [2.24, 2.45) is 0 Å². The molecule has 4 aromatic rings. The van der Waals surface area contributed by atoms with E-state index in [1.165, 1.54) is 0 Å². The van der Waals surface area contributed by atoms with Gasteiger partial charge in [0.1, 0.15) is 11.3 Å². The second-order valence-corrected chi connectivity index (χ2v) is 5.99. The third-order valence-electron chi connectivity index (χ3n) is 4.26. The molecule has 1 aromatic heterocycles. The second kappa shape index (κ2) is 5.91. The molecule has 4 rings (SSSR count). The molecule has 0 aliphatic heterocycles. The summed E-state index contributed by atoms with van der Waals surface area (Å²) in [6.45, 7) is 1.82. The van der Waals surface area contributed by atoms with E-state index >= 15 is 0 Å². The largest absolute Gasteiger partial charge is 0.478 e. The first kappa shape index (κ1) is 15.1. The van der Waals surface area contributed by atoms with Crippen molar-refractivity contribution in [3.63, 3.8) is 0 Å². The maximum Gasteiger partial charge on any atom is 0.337 e. The van der Waals surface area contributed by atoms with Crippen LogP contribution in [0.25, 0.3) is 33.3 Å². The quantitative estimate of drug-likeness (QED) is 0.562. The molecule has 122 valence electrons. The summed E-state index contributed by atoms with van der Waals surface area (Å²) in [5.41, 5.74) is 5.55. The lowest BCUT2D eigenvalue weighted by molar-refractivity contribution is 0.0699. The van der Waals surface area contributed by atoms with E-state index in [4.69, 9.17) is 0 Å². The number of benzene rings is 3. The first-order chi connectivity index (χ1) is 12.1. The molecule has 0 fully saturated rings. The summed E-state index contributed by atoms with van der Waals surface area (Å²) >= 11 is 0. The number of nitrogens with zero attached hydrogens (tertiary/aromatic N) is 1. The summed E-state index contributed by atoms with van der Waals surface area (Å²) in [5.74, 6) is -0.270. The average molecular weight is 328 g/mol. The zero-order valence-corrected chi connectivity index (χ0v) is 13.7. The van der Waals surface area contributed by atoms with Crippen LogP contribution in [-0.4, -0.2) is 21.0 Å². The monoisotopic (exact) mass is 328 g/mol. The van der Waals surface area contributed by atoms with Gasteiger partial charge in [-0.25, -0.2) is 9.78 Å². The fourth-order valence-corrected chi connectivity index (χ4v) is 3.06. The standard InChI is InChI=1S/C21H16N2O2/c1-13-22-19-12-17(11-18(21(24)25)20(19)23-13)16-9-7-15(8-10-16)14-5-3-2-4-6-14/h2-12H,1H3,(H,22,23)(H,24,25). The van der Waals surface area contributed by atoms with Crippen molar-refractivity contribution in [1.82, 2.24) is 9.97 Å². The highest BCUT2D eigenvalue weighted by Crippen LogP contribution is 2.29. The van der Waals surface area contributed by atoms with Crippen LogP contribution in [0.2, 0.25) is 0 Å². The molecule has 0 aliphatic carbocycles. The Kier molecular flexibility index (Phi) is 3.58. The molecule has 0 bridgehead atoms. The summed E-state index contributed by atoms with van der Waals surface area (Å²) in [5, 5.41) is 9.50. The molecule has 0 amide bonds. The minimum Gasteiger partial charge on any atom is -0.478 e. The third kappa shape index (κ3) is 2.78. The smallest absolute Gasteiger partial charge is 0.337 e. The van der Waals surface area contributed by atoms with E-state index in [1.54, 1.807) is 6.07 Å². The fraction of sp³-hybridized carbons (Fsp3) is 0.0476. The number of fused-ring (bicyclic) bond motifs is 1. The Bertz CT molecular complexity index is 1060. The van der Waals surface area contributed by atoms with Crippen LogP contribution in [0, 0.1) is 6.92 Å². The van der Waals surface area contributed by atoms with Gasteiger partial charge in [-0.2, -0.15) is 0 Å². The van der Waals surface area contributed by atoms with E-state index in [0.29, 0.717) is 11.3 Å². The number of hydrogen-bond donors (Lipinski definition) is 2. The van der Waals surface area contributed by atoms with Crippen LogP contribution in [0.1, 0.15) is 16.2 Å². The minimum absolute atomic E-state index is 0.212. The lowest BCUT2D eigenvalue weighted by atomic mass is 9.98.